The lowest BCUT2D eigenvalue weighted by atomic mass is 10.1. The maximum atomic E-state index is 5.53. The molecule has 1 aliphatic heterocycles. The highest BCUT2D eigenvalue weighted by atomic mass is 32.1. The molecule has 0 unspecified atom stereocenters. The molecule has 0 bridgehead atoms. The van der Waals surface area contributed by atoms with Crippen molar-refractivity contribution in [3.63, 3.8) is 0 Å². The summed E-state index contributed by atoms with van der Waals surface area (Å²) < 4.78 is 4.01. The van der Waals surface area contributed by atoms with E-state index in [1.54, 1.807) is 0 Å². The lowest BCUT2D eigenvalue weighted by molar-refractivity contribution is 0.128. The molecule has 16 heavy (non-hydrogen) atoms. The van der Waals surface area contributed by atoms with Gasteiger partial charge in [0.15, 0.2) is 0 Å². The average molecular weight is 241 g/mol. The number of hydrogen-bond acceptors (Lipinski definition) is 6. The third kappa shape index (κ3) is 2.44. The predicted molar refractivity (Wildman–Crippen MR) is 67.9 cm³/mol. The number of nitrogens with zero attached hydrogens (tertiary/aromatic N) is 4. The Morgan fingerprint density at radius 3 is 2.25 bits per heavy atom. The molecule has 1 aromatic rings. The van der Waals surface area contributed by atoms with Crippen LogP contribution in [-0.2, 0) is 0 Å². The Balaban J connectivity index is 1.95. The average Bonchev–Trinajstić information content (AvgIpc) is 2.64. The van der Waals surface area contributed by atoms with Gasteiger partial charge in [-0.15, -0.1) is 0 Å². The minimum atomic E-state index is 0.256. The van der Waals surface area contributed by atoms with Gasteiger partial charge in [0, 0.05) is 43.3 Å². The van der Waals surface area contributed by atoms with Crippen molar-refractivity contribution < 1.29 is 0 Å². The third-order valence-corrected chi connectivity index (χ3v) is 3.72. The van der Waals surface area contributed by atoms with Gasteiger partial charge < -0.3 is 10.6 Å². The van der Waals surface area contributed by atoms with Crippen LogP contribution in [0.2, 0.25) is 0 Å². The van der Waals surface area contributed by atoms with Gasteiger partial charge in [-0.25, -0.2) is 0 Å². The maximum Gasteiger partial charge on any atom is 0.233 e. The van der Waals surface area contributed by atoms with Crippen LogP contribution >= 0.6 is 11.5 Å². The second-order valence-corrected chi connectivity index (χ2v) is 5.81. The van der Waals surface area contributed by atoms with Crippen LogP contribution < -0.4 is 10.6 Å². The summed E-state index contributed by atoms with van der Waals surface area (Å²) in [5.41, 5.74) is 5.79. The van der Waals surface area contributed by atoms with E-state index < -0.39 is 0 Å². The summed E-state index contributed by atoms with van der Waals surface area (Å²) >= 11 is 1.39. The molecule has 0 saturated carbocycles. The summed E-state index contributed by atoms with van der Waals surface area (Å²) in [4.78, 5) is 8.97. The molecule has 2 N–H and O–H groups in total. The van der Waals surface area contributed by atoms with Gasteiger partial charge in [0.05, 0.1) is 0 Å². The number of piperazine rings is 1. The van der Waals surface area contributed by atoms with Gasteiger partial charge in [0.2, 0.25) is 11.1 Å². The highest BCUT2D eigenvalue weighted by Gasteiger charge is 2.26. The molecular formula is C10H19N5S. The van der Waals surface area contributed by atoms with Gasteiger partial charge in [-0.05, 0) is 20.8 Å². The summed E-state index contributed by atoms with van der Waals surface area (Å²) in [7, 11) is 0. The second kappa shape index (κ2) is 4.18. The topological polar surface area (TPSA) is 58.3 Å². The molecule has 0 amide bonds. The molecule has 90 valence electrons. The van der Waals surface area contributed by atoms with Crippen molar-refractivity contribution in [3.8, 4) is 0 Å². The minimum Gasteiger partial charge on any atom is -0.367 e. The molecule has 0 atom stereocenters. The van der Waals surface area contributed by atoms with Crippen LogP contribution in [0.4, 0.5) is 11.1 Å². The zero-order chi connectivity index (χ0) is 11.8. The van der Waals surface area contributed by atoms with Crippen molar-refractivity contribution in [3.05, 3.63) is 0 Å². The van der Waals surface area contributed by atoms with Gasteiger partial charge in [0.25, 0.3) is 0 Å². The SMILES string of the molecule is CC(C)(C)N1CCN(c2nc(N)ns2)CC1. The van der Waals surface area contributed by atoms with Crippen LogP contribution in [0.5, 0.6) is 0 Å². The molecular weight excluding hydrogens is 222 g/mol. The number of nitrogen functional groups attached to an aromatic ring is 1. The van der Waals surface area contributed by atoms with Crippen molar-refractivity contribution in [2.75, 3.05) is 36.8 Å². The lowest BCUT2D eigenvalue weighted by Gasteiger charge is -2.42. The van der Waals surface area contributed by atoms with Crippen molar-refractivity contribution in [1.82, 2.24) is 14.3 Å². The fraction of sp³-hybridized carbons (Fsp3) is 0.800. The smallest absolute Gasteiger partial charge is 0.233 e. The molecule has 1 aliphatic rings. The van der Waals surface area contributed by atoms with Crippen LogP contribution in [0.1, 0.15) is 20.8 Å². The normalized spacial score (nSPS) is 19.1. The van der Waals surface area contributed by atoms with E-state index in [2.05, 4.69) is 39.9 Å². The minimum absolute atomic E-state index is 0.256. The Labute approximate surface area is 100 Å². The number of aromatic nitrogens is 2. The maximum absolute atomic E-state index is 5.53. The van der Waals surface area contributed by atoms with Crippen LogP contribution in [0.15, 0.2) is 0 Å². The van der Waals surface area contributed by atoms with E-state index in [1.807, 2.05) is 0 Å². The van der Waals surface area contributed by atoms with Crippen molar-refractivity contribution in [2.45, 2.75) is 26.3 Å². The van der Waals surface area contributed by atoms with E-state index in [1.165, 1.54) is 11.5 Å². The first-order chi connectivity index (χ1) is 7.47. The third-order valence-electron chi connectivity index (χ3n) is 2.93. The molecule has 1 aromatic heterocycles. The fourth-order valence-electron chi connectivity index (χ4n) is 1.92. The second-order valence-electron chi connectivity index (χ2n) is 5.08. The van der Waals surface area contributed by atoms with Crippen molar-refractivity contribution in [2.24, 2.45) is 0 Å². The van der Waals surface area contributed by atoms with E-state index in [-0.39, 0.29) is 5.54 Å². The molecule has 2 rings (SSSR count). The Kier molecular flexibility index (Phi) is 3.03. The van der Waals surface area contributed by atoms with E-state index in [0.717, 1.165) is 31.3 Å². The predicted octanol–water partition coefficient (Wildman–Crippen LogP) is 1.04. The number of anilines is 2. The largest absolute Gasteiger partial charge is 0.367 e. The summed E-state index contributed by atoms with van der Waals surface area (Å²) in [6, 6.07) is 0. The monoisotopic (exact) mass is 241 g/mol. The first-order valence-corrected chi connectivity index (χ1v) is 6.33. The molecule has 1 saturated heterocycles. The lowest BCUT2D eigenvalue weighted by Crippen LogP contribution is -2.53. The summed E-state index contributed by atoms with van der Waals surface area (Å²) in [6.07, 6.45) is 0. The van der Waals surface area contributed by atoms with E-state index in [4.69, 9.17) is 5.73 Å². The van der Waals surface area contributed by atoms with E-state index in [9.17, 15) is 0 Å². The van der Waals surface area contributed by atoms with Gasteiger partial charge in [-0.1, -0.05) is 0 Å². The zero-order valence-corrected chi connectivity index (χ0v) is 10.9. The Hall–Kier alpha value is -0.880. The number of nitrogens with two attached hydrogens (primary N) is 1. The standard InChI is InChI=1S/C10H19N5S/c1-10(2,3)15-6-4-14(5-7-15)9-12-8(11)13-16-9/h4-7H2,1-3H3,(H2,11,13). The number of hydrogen-bond donors (Lipinski definition) is 1. The van der Waals surface area contributed by atoms with Crippen molar-refractivity contribution in [1.29, 1.82) is 0 Å². The van der Waals surface area contributed by atoms with Crippen molar-refractivity contribution >= 4 is 22.6 Å². The Morgan fingerprint density at radius 2 is 1.81 bits per heavy atom. The molecule has 1 fully saturated rings. The van der Waals surface area contributed by atoms with Gasteiger partial charge >= 0.3 is 0 Å². The highest BCUT2D eigenvalue weighted by Crippen LogP contribution is 2.22. The summed E-state index contributed by atoms with van der Waals surface area (Å²) in [5.74, 6) is 0.387. The Morgan fingerprint density at radius 1 is 1.19 bits per heavy atom. The number of rotatable bonds is 1. The van der Waals surface area contributed by atoms with Crippen LogP contribution in [-0.4, -0.2) is 46.0 Å². The summed E-state index contributed by atoms with van der Waals surface area (Å²) in [6.45, 7) is 10.9. The zero-order valence-electron chi connectivity index (χ0n) is 10.1. The van der Waals surface area contributed by atoms with Crippen LogP contribution in [0, 0.1) is 0 Å². The van der Waals surface area contributed by atoms with Gasteiger partial charge in [-0.3, -0.25) is 4.90 Å². The fourth-order valence-corrected chi connectivity index (χ4v) is 2.57. The van der Waals surface area contributed by atoms with Gasteiger partial charge in [0.1, 0.15) is 0 Å². The first kappa shape index (κ1) is 11.6. The molecule has 6 heteroatoms. The quantitative estimate of drug-likeness (QED) is 0.796. The molecule has 5 nitrogen and oxygen atoms in total. The first-order valence-electron chi connectivity index (χ1n) is 5.56. The van der Waals surface area contributed by atoms with Crippen LogP contribution in [0.25, 0.3) is 0 Å². The molecule has 0 aliphatic carbocycles. The van der Waals surface area contributed by atoms with E-state index in [0.29, 0.717) is 5.95 Å². The van der Waals surface area contributed by atoms with E-state index >= 15 is 0 Å². The molecule has 0 spiro atoms. The highest BCUT2D eigenvalue weighted by molar-refractivity contribution is 7.09. The molecule has 0 aromatic carbocycles. The van der Waals surface area contributed by atoms with Crippen LogP contribution in [0.3, 0.4) is 0 Å². The molecule has 2 heterocycles. The molecule has 0 radical (unpaired) electrons. The van der Waals surface area contributed by atoms with Gasteiger partial charge in [-0.2, -0.15) is 9.36 Å². The Bertz CT molecular complexity index is 348. The summed E-state index contributed by atoms with van der Waals surface area (Å²) in [5, 5.41) is 0.950.